The van der Waals surface area contributed by atoms with Crippen LogP contribution >= 0.6 is 50.5 Å². The van der Waals surface area contributed by atoms with E-state index < -0.39 is 5.20 Å². The predicted octanol–water partition coefficient (Wildman–Crippen LogP) is 8.87. The van der Waals surface area contributed by atoms with Gasteiger partial charge in [-0.2, -0.15) is 20.7 Å². The van der Waals surface area contributed by atoms with E-state index in [0.29, 0.717) is 34.2 Å². The Kier molecular flexibility index (Phi) is 9.84. The Balaban J connectivity index is 0.000000147. The molecule has 0 atom stereocenters. The fourth-order valence-corrected chi connectivity index (χ4v) is 5.33. The highest BCUT2D eigenvalue weighted by Gasteiger charge is 2.30. The maximum atomic E-state index is 9.51. The van der Waals surface area contributed by atoms with Gasteiger partial charge in [-0.05, 0) is 102 Å². The number of aromatic nitrogens is 8. The third-order valence-corrected chi connectivity index (χ3v) is 7.63. The Morgan fingerprint density at radius 2 is 1.23 bits per heavy atom. The molecular weight excluding hydrogens is 717 g/mol. The minimum atomic E-state index is -3.22. The second-order valence-electron chi connectivity index (χ2n) is 10.9. The molecule has 2 saturated carbocycles. The molecule has 4 heterocycles. The van der Waals surface area contributed by atoms with Gasteiger partial charge < -0.3 is 13.9 Å². The van der Waals surface area contributed by atoms with E-state index >= 15 is 0 Å². The van der Waals surface area contributed by atoms with Gasteiger partial charge in [-0.15, -0.1) is 10.2 Å². The molecule has 2 aliphatic carbocycles. The van der Waals surface area contributed by atoms with Crippen molar-refractivity contribution in [3.8, 4) is 40.8 Å². The number of hydrogen-bond acceptors (Lipinski definition) is 10. The maximum Gasteiger partial charge on any atom is 0.339 e. The normalized spacial score (nSPS) is 13.9. The lowest BCUT2D eigenvalue weighted by Crippen LogP contribution is -1.99. The number of hydrogen-bond donors (Lipinski definition) is 0. The molecule has 12 nitrogen and oxygen atoms in total. The van der Waals surface area contributed by atoms with Gasteiger partial charge in [0.25, 0.3) is 0 Å². The van der Waals surface area contributed by atoms with Gasteiger partial charge in [0, 0.05) is 29.3 Å². The molecule has 2 fully saturated rings. The van der Waals surface area contributed by atoms with Gasteiger partial charge in [0.05, 0.1) is 64.8 Å². The average Bonchev–Trinajstić information content (AvgIpc) is 4.02. The molecule has 0 bridgehead atoms. The lowest BCUT2D eigenvalue weighted by atomic mass is 10.2. The van der Waals surface area contributed by atoms with Gasteiger partial charge in [0.2, 0.25) is 5.88 Å². The van der Waals surface area contributed by atoms with Crippen LogP contribution in [0, 0.1) is 22.7 Å². The van der Waals surface area contributed by atoms with Gasteiger partial charge in [-0.25, -0.2) is 9.97 Å². The van der Waals surface area contributed by atoms with Crippen LogP contribution in [0.1, 0.15) is 48.9 Å². The standard InChI is InChI=1S/C16H13N5O.C15H10ClN5.Cl3OP/c1-22-15-7-11(9-18-20-15)16-19-13-5-2-10(8-17)6-14(13)21(16)12-3-4-12;16-14-6-10(8-18-20-14)15-19-12-4-1-9(7-17)5-13(12)21(15)11-2-3-11;1-5(2,3)4/h2,5-7,9,12H,3-4H2,1H3;1,4-6,8,11H,2-3H2;. The van der Waals surface area contributed by atoms with Crippen LogP contribution in [0.2, 0.25) is 5.15 Å². The average molecular weight is 740 g/mol. The zero-order valence-corrected chi connectivity index (χ0v) is 28.9. The number of nitriles is 2. The van der Waals surface area contributed by atoms with Crippen molar-refractivity contribution in [2.45, 2.75) is 37.8 Å². The number of methoxy groups -OCH3 is 1. The summed E-state index contributed by atoms with van der Waals surface area (Å²) in [5, 5.41) is 30.9. The van der Waals surface area contributed by atoms with Gasteiger partial charge in [-0.3, -0.25) is 4.57 Å². The lowest BCUT2D eigenvalue weighted by Gasteiger charge is -2.08. The summed E-state index contributed by atoms with van der Waals surface area (Å²) >= 11 is 19.8. The molecule has 0 spiro atoms. The molecule has 8 rings (SSSR count). The molecule has 2 aromatic carbocycles. The number of fused-ring (bicyclic) bond motifs is 2. The fourth-order valence-electron chi connectivity index (χ4n) is 5.17. The van der Waals surface area contributed by atoms with Crippen LogP contribution in [0.3, 0.4) is 0 Å². The van der Waals surface area contributed by atoms with Crippen molar-refractivity contribution in [2.75, 3.05) is 7.11 Å². The molecule has 4 aromatic heterocycles. The molecule has 0 aliphatic heterocycles. The summed E-state index contributed by atoms with van der Waals surface area (Å²) in [5.41, 5.74) is 6.74. The van der Waals surface area contributed by atoms with Crippen LogP contribution in [-0.2, 0) is 4.57 Å². The first-order valence-electron chi connectivity index (χ1n) is 14.4. The Morgan fingerprint density at radius 3 is 1.65 bits per heavy atom. The third kappa shape index (κ3) is 7.87. The highest BCUT2D eigenvalue weighted by atomic mass is 36.0. The second-order valence-corrected chi connectivity index (χ2v) is 17.9. The quantitative estimate of drug-likeness (QED) is 0.156. The minimum Gasteiger partial charge on any atom is -0.480 e. The molecule has 0 saturated heterocycles. The number of rotatable bonds is 5. The van der Waals surface area contributed by atoms with Crippen molar-refractivity contribution >= 4 is 72.6 Å². The van der Waals surface area contributed by atoms with Crippen molar-refractivity contribution in [2.24, 2.45) is 0 Å². The Bertz CT molecular complexity index is 2280. The van der Waals surface area contributed by atoms with Crippen LogP contribution in [-0.4, -0.2) is 46.6 Å². The zero-order chi connectivity index (χ0) is 34.0. The molecule has 6 aromatic rings. The fraction of sp³-hybridized carbons (Fsp3) is 0.226. The van der Waals surface area contributed by atoms with E-state index in [1.54, 1.807) is 37.7 Å². The summed E-state index contributed by atoms with van der Waals surface area (Å²) < 4.78 is 19.0. The molecule has 0 amide bonds. The first-order valence-corrected chi connectivity index (χ1v) is 19.2. The number of imidazole rings is 2. The van der Waals surface area contributed by atoms with Crippen LogP contribution in [0.25, 0.3) is 44.8 Å². The van der Waals surface area contributed by atoms with E-state index in [4.69, 9.17) is 31.8 Å². The van der Waals surface area contributed by atoms with E-state index in [1.807, 2.05) is 30.3 Å². The van der Waals surface area contributed by atoms with Crippen molar-refractivity contribution in [1.29, 1.82) is 10.5 Å². The Hall–Kier alpha value is -4.29. The monoisotopic (exact) mass is 738 g/mol. The SMILES string of the molecule is COc1cc(-c2nc3ccc(C#N)cc3n2C2CC2)cnn1.N#Cc1ccc2nc(-c3cnnc(Cl)c3)n(C3CC3)c2c1.O=P(Cl)(Cl)Cl. The highest BCUT2D eigenvalue weighted by molar-refractivity contribution is 8.24. The summed E-state index contributed by atoms with van der Waals surface area (Å²) in [4.78, 5) is 9.41. The minimum absolute atomic E-state index is 0.347. The van der Waals surface area contributed by atoms with Crippen molar-refractivity contribution < 1.29 is 9.30 Å². The second kappa shape index (κ2) is 14.1. The van der Waals surface area contributed by atoms with E-state index in [2.05, 4.69) is 80.4 Å². The molecule has 0 radical (unpaired) electrons. The van der Waals surface area contributed by atoms with Gasteiger partial charge in [-0.1, -0.05) is 11.6 Å². The van der Waals surface area contributed by atoms with E-state index in [0.717, 1.165) is 70.5 Å². The van der Waals surface area contributed by atoms with Crippen molar-refractivity contribution in [1.82, 2.24) is 39.5 Å². The number of nitrogens with zero attached hydrogens (tertiary/aromatic N) is 10. The largest absolute Gasteiger partial charge is 0.480 e. The summed E-state index contributed by atoms with van der Waals surface area (Å²) in [6, 6.07) is 20.0. The predicted molar refractivity (Wildman–Crippen MR) is 184 cm³/mol. The third-order valence-electron chi connectivity index (χ3n) is 7.44. The van der Waals surface area contributed by atoms with Crippen LogP contribution in [0.15, 0.2) is 60.9 Å². The first kappa shape index (κ1) is 33.6. The molecule has 48 heavy (non-hydrogen) atoms. The number of halogens is 4. The molecule has 0 unspecified atom stereocenters. The van der Waals surface area contributed by atoms with Gasteiger partial charge in [0.1, 0.15) is 11.6 Å². The van der Waals surface area contributed by atoms with Crippen molar-refractivity contribution in [3.63, 3.8) is 0 Å². The molecule has 17 heteroatoms. The van der Waals surface area contributed by atoms with E-state index in [1.165, 1.54) is 0 Å². The van der Waals surface area contributed by atoms with Gasteiger partial charge in [0.15, 0.2) is 5.15 Å². The number of ether oxygens (including phenoxy) is 1. The van der Waals surface area contributed by atoms with Crippen LogP contribution in [0.4, 0.5) is 0 Å². The first-order chi connectivity index (χ1) is 23.1. The van der Waals surface area contributed by atoms with Crippen molar-refractivity contribution in [3.05, 3.63) is 77.2 Å². The summed E-state index contributed by atoms with van der Waals surface area (Å²) in [7, 11) is 1.57. The molecule has 2 aliphatic rings. The lowest BCUT2D eigenvalue weighted by molar-refractivity contribution is 0.392. The molecule has 242 valence electrons. The van der Waals surface area contributed by atoms with E-state index in [-0.39, 0.29) is 0 Å². The summed E-state index contributed by atoms with van der Waals surface area (Å²) in [6.07, 6.45) is 7.86. The smallest absolute Gasteiger partial charge is 0.339 e. The number of benzene rings is 2. The summed E-state index contributed by atoms with van der Waals surface area (Å²) in [5.74, 6) is 2.14. The topological polar surface area (TPSA) is 161 Å². The maximum absolute atomic E-state index is 9.51. The molecular formula is C31H23Cl4N10O2P. The molecule has 0 N–H and O–H groups in total. The van der Waals surface area contributed by atoms with E-state index in [9.17, 15) is 4.57 Å². The van der Waals surface area contributed by atoms with Crippen LogP contribution in [0.5, 0.6) is 5.88 Å². The summed E-state index contributed by atoms with van der Waals surface area (Å²) in [6.45, 7) is 0. The zero-order valence-electron chi connectivity index (χ0n) is 25.0. The van der Waals surface area contributed by atoms with Crippen LogP contribution < -0.4 is 4.74 Å². The highest BCUT2D eigenvalue weighted by Crippen LogP contribution is 2.61. The van der Waals surface area contributed by atoms with Gasteiger partial charge >= 0.3 is 5.20 Å². The Morgan fingerprint density at radius 1 is 0.771 bits per heavy atom. The Labute approximate surface area is 293 Å².